The van der Waals surface area contributed by atoms with E-state index in [0.717, 1.165) is 0 Å². The van der Waals surface area contributed by atoms with E-state index in [9.17, 15) is 0 Å². The Kier molecular flexibility index (Phi) is 2.68. The molecule has 1 aromatic carbocycles. The van der Waals surface area contributed by atoms with Crippen LogP contribution in [0.1, 0.15) is 26.7 Å². The molecule has 1 heterocycles. The zero-order chi connectivity index (χ0) is 10.8. The maximum absolute atomic E-state index is 2.55. The van der Waals surface area contributed by atoms with Gasteiger partial charge in [0.15, 0.2) is 0 Å². The highest BCUT2D eigenvalue weighted by Crippen LogP contribution is 2.87. The van der Waals surface area contributed by atoms with Crippen LogP contribution in [0.25, 0.3) is 0 Å². The first-order valence-corrected chi connectivity index (χ1v) is 8.78. The number of hydrogen-bond acceptors (Lipinski definition) is 0. The van der Waals surface area contributed by atoms with Crippen LogP contribution in [0.5, 0.6) is 0 Å². The molecule has 0 unspecified atom stereocenters. The summed E-state index contributed by atoms with van der Waals surface area (Å²) in [6.45, 7) is 4.62. The second-order valence-corrected chi connectivity index (χ2v) is 10.1. The molecule has 1 aliphatic heterocycles. The zero-order valence-electron chi connectivity index (χ0n) is 9.82. The molecule has 0 radical (unpaired) electrons. The van der Waals surface area contributed by atoms with E-state index in [0.29, 0.717) is 0 Å². The van der Waals surface area contributed by atoms with Crippen molar-refractivity contribution in [2.24, 2.45) is 0 Å². The Morgan fingerprint density at radius 1 is 0.867 bits per heavy atom. The summed E-state index contributed by atoms with van der Waals surface area (Å²) in [6, 6.07) is 11.2. The van der Waals surface area contributed by atoms with E-state index < -0.39 is 9.16 Å². The third kappa shape index (κ3) is 1.63. The van der Waals surface area contributed by atoms with Gasteiger partial charge in [-0.15, -0.1) is 0 Å². The van der Waals surface area contributed by atoms with Crippen LogP contribution in [-0.2, 0) is 0 Å². The molecule has 0 N–H and O–H groups in total. The Bertz CT molecular complexity index is 348. The Hall–Kier alpha value is -0.690. The van der Waals surface area contributed by atoms with Gasteiger partial charge in [0.1, 0.15) is 0 Å². The average molecular weight is 222 g/mol. The van der Waals surface area contributed by atoms with Gasteiger partial charge >= 0.3 is 0 Å². The molecule has 15 heavy (non-hydrogen) atoms. The van der Waals surface area contributed by atoms with Crippen LogP contribution < -0.4 is 0 Å². The molecule has 0 saturated carbocycles. The molecule has 0 bridgehead atoms. The van der Waals surface area contributed by atoms with Crippen molar-refractivity contribution >= 4 is 9.16 Å². The first-order chi connectivity index (χ1) is 7.25. The van der Waals surface area contributed by atoms with Gasteiger partial charge in [-0.25, -0.2) is 9.16 Å². The van der Waals surface area contributed by atoms with Crippen LogP contribution in [0, 0.1) is 0 Å². The molecule has 0 nitrogen and oxygen atoms in total. The Morgan fingerprint density at radius 2 is 1.40 bits per heavy atom. The summed E-state index contributed by atoms with van der Waals surface area (Å²) in [5, 5.41) is 5.10. The lowest BCUT2D eigenvalue weighted by Crippen LogP contribution is -2.12. The van der Waals surface area contributed by atoms with Crippen LogP contribution in [0.2, 0.25) is 0 Å². The SMILES string of the molecule is CCC[SH]1(CCC)(c2ccccc2)C=C1. The predicted molar refractivity (Wildman–Crippen MR) is 73.2 cm³/mol. The quantitative estimate of drug-likeness (QED) is 0.700. The topological polar surface area (TPSA) is 0 Å². The van der Waals surface area contributed by atoms with Crippen molar-refractivity contribution < 1.29 is 0 Å². The number of thiol groups is 1. The molecule has 0 amide bonds. The maximum Gasteiger partial charge on any atom is -0.0183 e. The van der Waals surface area contributed by atoms with Crippen LogP contribution in [0.15, 0.2) is 46.0 Å². The predicted octanol–water partition coefficient (Wildman–Crippen LogP) is 4.42. The summed E-state index contributed by atoms with van der Waals surface area (Å²) >= 11 is 0. The maximum atomic E-state index is 2.55. The van der Waals surface area contributed by atoms with Crippen molar-refractivity contribution in [2.45, 2.75) is 31.6 Å². The first-order valence-electron chi connectivity index (χ1n) is 6.03. The third-order valence-electron chi connectivity index (χ3n) is 3.64. The van der Waals surface area contributed by atoms with E-state index in [1.807, 2.05) is 0 Å². The lowest BCUT2D eigenvalue weighted by Gasteiger charge is -2.46. The van der Waals surface area contributed by atoms with Crippen molar-refractivity contribution in [3.8, 4) is 0 Å². The number of hydrogen-bond donors (Lipinski definition) is 1. The van der Waals surface area contributed by atoms with Gasteiger partial charge in [-0.1, -0.05) is 55.0 Å². The van der Waals surface area contributed by atoms with Gasteiger partial charge in [-0.3, -0.25) is 0 Å². The molecule has 0 saturated heterocycles. The second-order valence-electron chi connectivity index (χ2n) is 4.76. The summed E-state index contributed by atoms with van der Waals surface area (Å²) in [4.78, 5) is 1.62. The van der Waals surface area contributed by atoms with Crippen molar-refractivity contribution in [3.05, 3.63) is 41.1 Å². The molecule has 0 aliphatic carbocycles. The summed E-state index contributed by atoms with van der Waals surface area (Å²) < 4.78 is 0. The molecule has 0 spiro atoms. The molecule has 0 fully saturated rings. The fraction of sp³-hybridized carbons (Fsp3) is 0.429. The number of rotatable bonds is 5. The summed E-state index contributed by atoms with van der Waals surface area (Å²) in [5.74, 6) is 2.78. The monoisotopic (exact) mass is 222 g/mol. The molecule has 0 aromatic heterocycles. The van der Waals surface area contributed by atoms with Gasteiger partial charge in [0.05, 0.1) is 0 Å². The molecular weight excluding hydrogens is 200 g/mol. The van der Waals surface area contributed by atoms with E-state index in [4.69, 9.17) is 0 Å². The van der Waals surface area contributed by atoms with Gasteiger partial charge in [-0.2, -0.15) is 0 Å². The van der Waals surface area contributed by atoms with Crippen LogP contribution in [-0.4, -0.2) is 11.5 Å². The van der Waals surface area contributed by atoms with Gasteiger partial charge in [0.25, 0.3) is 0 Å². The van der Waals surface area contributed by atoms with E-state index in [1.54, 1.807) is 4.90 Å². The largest absolute Gasteiger partial charge is 0.231 e. The highest BCUT2D eigenvalue weighted by atomic mass is 32.3. The van der Waals surface area contributed by atoms with Crippen molar-refractivity contribution in [2.75, 3.05) is 11.5 Å². The second kappa shape index (κ2) is 3.71. The van der Waals surface area contributed by atoms with Crippen molar-refractivity contribution in [1.82, 2.24) is 0 Å². The van der Waals surface area contributed by atoms with E-state index >= 15 is 0 Å². The van der Waals surface area contributed by atoms with Crippen LogP contribution in [0.4, 0.5) is 0 Å². The van der Waals surface area contributed by atoms with Crippen LogP contribution >= 0.6 is 9.16 Å². The fourth-order valence-electron chi connectivity index (χ4n) is 2.84. The minimum Gasteiger partial charge on any atom is -0.231 e. The fourth-order valence-corrected chi connectivity index (χ4v) is 8.59. The molecule has 1 heteroatoms. The lowest BCUT2D eigenvalue weighted by molar-refractivity contribution is 1.05. The van der Waals surface area contributed by atoms with Gasteiger partial charge in [-0.05, 0) is 29.2 Å². The van der Waals surface area contributed by atoms with E-state index in [1.165, 1.54) is 24.3 Å². The summed E-state index contributed by atoms with van der Waals surface area (Å²) in [6.07, 6.45) is 2.61. The smallest absolute Gasteiger partial charge is 0.0183 e. The summed E-state index contributed by atoms with van der Waals surface area (Å²) in [7, 11) is -1.60. The van der Waals surface area contributed by atoms with Gasteiger partial charge in [0.2, 0.25) is 0 Å². The number of benzene rings is 1. The lowest BCUT2D eigenvalue weighted by atomic mass is 10.4. The normalized spacial score (nSPS) is 22.9. The highest BCUT2D eigenvalue weighted by Gasteiger charge is 2.45. The third-order valence-corrected chi connectivity index (χ3v) is 9.71. The van der Waals surface area contributed by atoms with E-state index in [2.05, 4.69) is 55.0 Å². The first kappa shape index (κ1) is 10.8. The molecule has 1 aliphatic rings. The van der Waals surface area contributed by atoms with Gasteiger partial charge in [0, 0.05) is 0 Å². The molecule has 2 rings (SSSR count). The van der Waals surface area contributed by atoms with Crippen molar-refractivity contribution in [1.29, 1.82) is 0 Å². The van der Waals surface area contributed by atoms with Crippen molar-refractivity contribution in [3.63, 3.8) is 0 Å². The molecule has 1 aromatic rings. The average Bonchev–Trinajstić information content (AvgIpc) is 2.98. The van der Waals surface area contributed by atoms with Crippen LogP contribution in [0.3, 0.4) is 0 Å². The molecule has 84 valence electrons. The Morgan fingerprint density at radius 3 is 1.80 bits per heavy atom. The Balaban J connectivity index is 2.36. The Labute approximate surface area is 93.7 Å². The molecular formula is C14H22S. The minimum absolute atomic E-state index is 1.31. The molecule has 0 atom stereocenters. The van der Waals surface area contributed by atoms with E-state index in [-0.39, 0.29) is 0 Å². The highest BCUT2D eigenvalue weighted by molar-refractivity contribution is 8.58. The standard InChI is InChI=1S/C14H22S/c1-3-10-15(11-4-2,12-13-15)14-8-6-5-7-9-14/h5-9,12-13,15H,3-4,10-11H2,1-2H3. The van der Waals surface area contributed by atoms with Gasteiger partial charge < -0.3 is 0 Å². The minimum atomic E-state index is -1.60. The summed E-state index contributed by atoms with van der Waals surface area (Å²) in [5.41, 5.74) is 0. The zero-order valence-corrected chi connectivity index (χ0v) is 10.7.